The Morgan fingerprint density at radius 3 is 2.33 bits per heavy atom. The molecule has 2 N–H and O–H groups in total. The maximum Gasteiger partial charge on any atom is 0.0431 e. The van der Waals surface area contributed by atoms with Gasteiger partial charge in [0.2, 0.25) is 0 Å². The van der Waals surface area contributed by atoms with E-state index < -0.39 is 0 Å². The highest BCUT2D eigenvalue weighted by Gasteiger charge is 2.16. The van der Waals surface area contributed by atoms with Crippen LogP contribution in [-0.4, -0.2) is 24.3 Å². The van der Waals surface area contributed by atoms with Crippen molar-refractivity contribution in [3.8, 4) is 0 Å². The van der Waals surface area contributed by atoms with Gasteiger partial charge in [0.25, 0.3) is 0 Å². The fourth-order valence-corrected chi connectivity index (χ4v) is 2.36. The van der Waals surface area contributed by atoms with Crippen molar-refractivity contribution in [2.45, 2.75) is 64.3 Å². The highest BCUT2D eigenvalue weighted by atomic mass is 16.2. The molecule has 1 saturated carbocycles. The smallest absolute Gasteiger partial charge is 0.0431 e. The van der Waals surface area contributed by atoms with Crippen LogP contribution in [0.25, 0.3) is 0 Å². The van der Waals surface area contributed by atoms with Gasteiger partial charge in [0.1, 0.15) is 0 Å². The molecule has 90 valence electrons. The molecule has 1 rings (SSSR count). The maximum atomic E-state index is 8.64. The number of hydrogen-bond donors (Lipinski definition) is 2. The van der Waals surface area contributed by atoms with Crippen LogP contribution in [0.5, 0.6) is 0 Å². The number of unbranched alkanes of at least 4 members (excludes halogenated alkanes) is 3. The van der Waals surface area contributed by atoms with Crippen LogP contribution in [0.4, 0.5) is 0 Å². The largest absolute Gasteiger partial charge is 0.396 e. The molecule has 15 heavy (non-hydrogen) atoms. The fraction of sp³-hybridized carbons (Fsp3) is 1.00. The van der Waals surface area contributed by atoms with Crippen LogP contribution in [0.15, 0.2) is 0 Å². The monoisotopic (exact) mass is 213 g/mol. The highest BCUT2D eigenvalue weighted by molar-refractivity contribution is 4.74. The zero-order valence-electron chi connectivity index (χ0n) is 10.2. The van der Waals surface area contributed by atoms with Gasteiger partial charge in [0.15, 0.2) is 0 Å². The third-order valence-electron chi connectivity index (χ3n) is 3.53. The van der Waals surface area contributed by atoms with Gasteiger partial charge in [-0.2, -0.15) is 0 Å². The molecule has 0 saturated heterocycles. The summed E-state index contributed by atoms with van der Waals surface area (Å²) in [5, 5.41) is 12.3. The summed E-state index contributed by atoms with van der Waals surface area (Å²) in [6.07, 6.45) is 10.2. The summed E-state index contributed by atoms with van der Waals surface area (Å²) >= 11 is 0. The first-order valence-corrected chi connectivity index (χ1v) is 6.67. The average molecular weight is 213 g/mol. The predicted octanol–water partition coefficient (Wildman–Crippen LogP) is 2.71. The minimum Gasteiger partial charge on any atom is -0.396 e. The molecule has 2 nitrogen and oxygen atoms in total. The van der Waals surface area contributed by atoms with Gasteiger partial charge in [-0.25, -0.2) is 0 Å². The summed E-state index contributed by atoms with van der Waals surface area (Å²) in [4.78, 5) is 0. The van der Waals surface area contributed by atoms with Gasteiger partial charge >= 0.3 is 0 Å². The molecule has 1 fully saturated rings. The lowest BCUT2D eigenvalue weighted by molar-refractivity contribution is 0.280. The average Bonchev–Trinajstić information content (AvgIpc) is 2.26. The van der Waals surface area contributed by atoms with E-state index in [0.717, 1.165) is 18.4 Å². The van der Waals surface area contributed by atoms with E-state index in [1.165, 1.54) is 51.5 Å². The minimum absolute atomic E-state index is 0.355. The van der Waals surface area contributed by atoms with Crippen molar-refractivity contribution in [2.75, 3.05) is 13.2 Å². The van der Waals surface area contributed by atoms with Gasteiger partial charge in [-0.05, 0) is 51.0 Å². The van der Waals surface area contributed by atoms with Crippen molar-refractivity contribution in [1.82, 2.24) is 5.32 Å². The number of hydrogen-bond acceptors (Lipinski definition) is 2. The molecule has 0 radical (unpaired) electrons. The molecule has 0 bridgehead atoms. The SMILES string of the molecule is CC1CCC(NCCCCCCO)CC1. The summed E-state index contributed by atoms with van der Waals surface area (Å²) in [6.45, 7) is 3.89. The normalized spacial score (nSPS) is 26.8. The van der Waals surface area contributed by atoms with Crippen molar-refractivity contribution in [3.05, 3.63) is 0 Å². The molecule has 0 unspecified atom stereocenters. The van der Waals surface area contributed by atoms with E-state index in [0.29, 0.717) is 6.61 Å². The number of aliphatic hydroxyl groups is 1. The van der Waals surface area contributed by atoms with Crippen molar-refractivity contribution >= 4 is 0 Å². The number of rotatable bonds is 7. The second kappa shape index (κ2) is 8.12. The second-order valence-electron chi connectivity index (χ2n) is 5.05. The highest BCUT2D eigenvalue weighted by Crippen LogP contribution is 2.23. The van der Waals surface area contributed by atoms with Gasteiger partial charge in [-0.1, -0.05) is 19.8 Å². The molecule has 0 atom stereocenters. The summed E-state index contributed by atoms with van der Waals surface area (Å²) < 4.78 is 0. The molecule has 0 amide bonds. The molecule has 0 spiro atoms. The van der Waals surface area contributed by atoms with E-state index in [9.17, 15) is 0 Å². The fourth-order valence-electron chi connectivity index (χ4n) is 2.36. The van der Waals surface area contributed by atoms with E-state index in [-0.39, 0.29) is 0 Å². The van der Waals surface area contributed by atoms with Gasteiger partial charge < -0.3 is 10.4 Å². The van der Waals surface area contributed by atoms with Crippen molar-refractivity contribution < 1.29 is 5.11 Å². The minimum atomic E-state index is 0.355. The van der Waals surface area contributed by atoms with E-state index in [2.05, 4.69) is 12.2 Å². The zero-order chi connectivity index (χ0) is 10.9. The summed E-state index contributed by atoms with van der Waals surface area (Å²) in [5.74, 6) is 0.951. The molecule has 2 heteroatoms. The molecular formula is C13H27NO. The van der Waals surface area contributed by atoms with Crippen LogP contribution < -0.4 is 5.32 Å². The molecule has 1 aliphatic rings. The predicted molar refractivity (Wildman–Crippen MR) is 65.0 cm³/mol. The zero-order valence-corrected chi connectivity index (χ0v) is 10.2. The summed E-state index contributed by atoms with van der Waals surface area (Å²) in [7, 11) is 0. The van der Waals surface area contributed by atoms with Crippen LogP contribution in [0.3, 0.4) is 0 Å². The standard InChI is InChI=1S/C13H27NO/c1-12-6-8-13(9-7-12)14-10-4-2-3-5-11-15/h12-15H,2-11H2,1H3. The van der Waals surface area contributed by atoms with E-state index >= 15 is 0 Å². The summed E-state index contributed by atoms with van der Waals surface area (Å²) in [6, 6.07) is 0.791. The Labute approximate surface area is 94.5 Å². The van der Waals surface area contributed by atoms with E-state index in [1.807, 2.05) is 0 Å². The number of aliphatic hydroxyl groups excluding tert-OH is 1. The molecule has 0 aromatic carbocycles. The van der Waals surface area contributed by atoms with Crippen LogP contribution in [0.2, 0.25) is 0 Å². The lowest BCUT2D eigenvalue weighted by Gasteiger charge is -2.27. The Balaban J connectivity index is 1.87. The van der Waals surface area contributed by atoms with Crippen LogP contribution in [0.1, 0.15) is 58.3 Å². The first-order chi connectivity index (χ1) is 7.33. The second-order valence-corrected chi connectivity index (χ2v) is 5.05. The van der Waals surface area contributed by atoms with Crippen LogP contribution in [-0.2, 0) is 0 Å². The first kappa shape index (κ1) is 13.0. The van der Waals surface area contributed by atoms with Crippen LogP contribution in [0, 0.1) is 5.92 Å². The van der Waals surface area contributed by atoms with Gasteiger partial charge in [-0.15, -0.1) is 0 Å². The maximum absolute atomic E-state index is 8.64. The van der Waals surface area contributed by atoms with Gasteiger partial charge in [-0.3, -0.25) is 0 Å². The molecular weight excluding hydrogens is 186 g/mol. The van der Waals surface area contributed by atoms with Crippen LogP contribution >= 0.6 is 0 Å². The molecule has 0 aromatic heterocycles. The third-order valence-corrected chi connectivity index (χ3v) is 3.53. The lowest BCUT2D eigenvalue weighted by Crippen LogP contribution is -2.33. The Morgan fingerprint density at radius 2 is 1.67 bits per heavy atom. The Kier molecular flexibility index (Phi) is 7.03. The van der Waals surface area contributed by atoms with E-state index in [1.54, 1.807) is 0 Å². The lowest BCUT2D eigenvalue weighted by atomic mass is 9.87. The molecule has 0 heterocycles. The first-order valence-electron chi connectivity index (χ1n) is 6.67. The van der Waals surface area contributed by atoms with Crippen molar-refractivity contribution in [2.24, 2.45) is 5.92 Å². The number of nitrogens with one attached hydrogen (secondary N) is 1. The topological polar surface area (TPSA) is 32.3 Å². The third kappa shape index (κ3) is 6.16. The van der Waals surface area contributed by atoms with Gasteiger partial charge in [0, 0.05) is 12.6 Å². The quantitative estimate of drug-likeness (QED) is 0.637. The van der Waals surface area contributed by atoms with Crippen molar-refractivity contribution in [3.63, 3.8) is 0 Å². The Morgan fingerprint density at radius 1 is 1.00 bits per heavy atom. The molecule has 0 aliphatic heterocycles. The van der Waals surface area contributed by atoms with E-state index in [4.69, 9.17) is 5.11 Å². The Bertz CT molecular complexity index is 141. The van der Waals surface area contributed by atoms with Gasteiger partial charge in [0.05, 0.1) is 0 Å². The summed E-state index contributed by atoms with van der Waals surface area (Å²) in [5.41, 5.74) is 0. The Hall–Kier alpha value is -0.0800. The molecule has 1 aliphatic carbocycles. The molecule has 0 aromatic rings. The van der Waals surface area contributed by atoms with Crippen molar-refractivity contribution in [1.29, 1.82) is 0 Å².